The number of hydrogen-bond acceptors (Lipinski definition) is 2. The molecule has 2 atom stereocenters. The van der Waals surface area contributed by atoms with Crippen LogP contribution in [0.4, 0.5) is 0 Å². The summed E-state index contributed by atoms with van der Waals surface area (Å²) in [5.41, 5.74) is 2.44. The van der Waals surface area contributed by atoms with Gasteiger partial charge in [0.05, 0.1) is 17.9 Å². The minimum absolute atomic E-state index is 0.0117. The number of benzene rings is 1. The van der Waals surface area contributed by atoms with Gasteiger partial charge in [-0.3, -0.25) is 4.79 Å². The summed E-state index contributed by atoms with van der Waals surface area (Å²) in [5, 5.41) is -0.153. The van der Waals surface area contributed by atoms with Crippen LogP contribution in [0, 0.1) is 0 Å². The topological polar surface area (TPSA) is 29.5 Å². The molecule has 0 bridgehead atoms. The number of ether oxygens (including phenoxy) is 1. The second-order valence-corrected chi connectivity index (χ2v) is 5.34. The molecular weight excluding hydrogens is 250 g/mol. The fraction of sp³-hybridized carbons (Fsp3) is 0.500. The summed E-state index contributed by atoms with van der Waals surface area (Å²) >= 11 is 6.07. The highest BCUT2D eigenvalue weighted by molar-refractivity contribution is 6.21. The van der Waals surface area contributed by atoms with Gasteiger partial charge in [0.2, 0.25) is 5.91 Å². The SMILES string of the molecule is COCC(Cl)CN(C)C(=O)C1Cc2ccccc21. The van der Waals surface area contributed by atoms with E-state index in [0.29, 0.717) is 13.2 Å². The van der Waals surface area contributed by atoms with Gasteiger partial charge in [0, 0.05) is 20.7 Å². The largest absolute Gasteiger partial charge is 0.383 e. The Morgan fingerprint density at radius 3 is 2.94 bits per heavy atom. The van der Waals surface area contributed by atoms with Crippen LogP contribution >= 0.6 is 11.6 Å². The molecule has 1 aliphatic rings. The van der Waals surface area contributed by atoms with Crippen molar-refractivity contribution in [1.29, 1.82) is 0 Å². The molecule has 1 aromatic rings. The first kappa shape index (κ1) is 13.4. The zero-order valence-electron chi connectivity index (χ0n) is 10.7. The molecule has 0 fully saturated rings. The summed E-state index contributed by atoms with van der Waals surface area (Å²) in [6.45, 7) is 0.979. The lowest BCUT2D eigenvalue weighted by atomic mass is 9.77. The van der Waals surface area contributed by atoms with Crippen LogP contribution in [0.1, 0.15) is 17.0 Å². The van der Waals surface area contributed by atoms with Crippen LogP contribution in [0.2, 0.25) is 0 Å². The van der Waals surface area contributed by atoms with E-state index in [2.05, 4.69) is 6.07 Å². The van der Waals surface area contributed by atoms with Crippen molar-refractivity contribution < 1.29 is 9.53 Å². The highest BCUT2D eigenvalue weighted by Gasteiger charge is 2.33. The van der Waals surface area contributed by atoms with Crippen molar-refractivity contribution in [1.82, 2.24) is 4.90 Å². The van der Waals surface area contributed by atoms with Crippen LogP contribution in [-0.4, -0.2) is 43.5 Å². The molecule has 0 heterocycles. The van der Waals surface area contributed by atoms with Gasteiger partial charge in [-0.05, 0) is 17.5 Å². The van der Waals surface area contributed by atoms with Gasteiger partial charge in [-0.15, -0.1) is 11.6 Å². The second kappa shape index (κ2) is 5.72. The molecule has 1 aliphatic carbocycles. The first-order valence-electron chi connectivity index (χ1n) is 6.09. The maximum Gasteiger partial charge on any atom is 0.230 e. The highest BCUT2D eigenvalue weighted by Crippen LogP contribution is 2.35. The number of carbonyl (C=O) groups is 1. The molecule has 0 spiro atoms. The Hall–Kier alpha value is -1.06. The molecule has 3 nitrogen and oxygen atoms in total. The predicted molar refractivity (Wildman–Crippen MR) is 72.0 cm³/mol. The molecule has 18 heavy (non-hydrogen) atoms. The van der Waals surface area contributed by atoms with Gasteiger partial charge < -0.3 is 9.64 Å². The molecule has 0 aliphatic heterocycles. The van der Waals surface area contributed by atoms with Crippen molar-refractivity contribution >= 4 is 17.5 Å². The average Bonchev–Trinajstić information content (AvgIpc) is 2.30. The van der Waals surface area contributed by atoms with Gasteiger partial charge in [-0.25, -0.2) is 0 Å². The predicted octanol–water partition coefficient (Wildman–Crippen LogP) is 2.04. The Bertz CT molecular complexity index is 436. The molecule has 0 radical (unpaired) electrons. The van der Waals surface area contributed by atoms with E-state index in [1.54, 1.807) is 19.1 Å². The van der Waals surface area contributed by atoms with E-state index in [0.717, 1.165) is 12.0 Å². The monoisotopic (exact) mass is 267 g/mol. The summed E-state index contributed by atoms with van der Waals surface area (Å²) in [7, 11) is 3.41. The first-order valence-corrected chi connectivity index (χ1v) is 6.53. The number of hydrogen-bond donors (Lipinski definition) is 0. The van der Waals surface area contributed by atoms with Crippen LogP contribution < -0.4 is 0 Å². The average molecular weight is 268 g/mol. The van der Waals surface area contributed by atoms with E-state index in [-0.39, 0.29) is 17.2 Å². The number of alkyl halides is 1. The number of amides is 1. The number of likely N-dealkylation sites (N-methyl/N-ethyl adjacent to an activating group) is 1. The third-order valence-electron chi connectivity index (χ3n) is 3.35. The molecule has 4 heteroatoms. The Kier molecular flexibility index (Phi) is 4.25. The van der Waals surface area contributed by atoms with Crippen LogP contribution in [0.25, 0.3) is 0 Å². The fourth-order valence-corrected chi connectivity index (χ4v) is 2.70. The molecule has 1 amide bonds. The molecule has 0 saturated heterocycles. The van der Waals surface area contributed by atoms with Crippen molar-refractivity contribution in [3.8, 4) is 0 Å². The number of nitrogens with zero attached hydrogens (tertiary/aromatic N) is 1. The van der Waals surface area contributed by atoms with Crippen molar-refractivity contribution in [2.45, 2.75) is 17.7 Å². The quantitative estimate of drug-likeness (QED) is 0.764. The van der Waals surface area contributed by atoms with E-state index in [4.69, 9.17) is 16.3 Å². The summed E-state index contributed by atoms with van der Waals surface area (Å²) in [6, 6.07) is 8.10. The van der Waals surface area contributed by atoms with Crippen LogP contribution in [0.5, 0.6) is 0 Å². The third-order valence-corrected chi connectivity index (χ3v) is 3.61. The molecule has 0 saturated carbocycles. The van der Waals surface area contributed by atoms with Gasteiger partial charge >= 0.3 is 0 Å². The third kappa shape index (κ3) is 2.68. The minimum Gasteiger partial charge on any atom is -0.383 e. The Morgan fingerprint density at radius 2 is 2.28 bits per heavy atom. The highest BCUT2D eigenvalue weighted by atomic mass is 35.5. The standard InChI is InChI=1S/C14H18ClNO2/c1-16(8-11(15)9-18-2)14(17)13-7-10-5-3-4-6-12(10)13/h3-6,11,13H,7-9H2,1-2H3. The lowest BCUT2D eigenvalue weighted by Crippen LogP contribution is -2.40. The minimum atomic E-state index is -0.153. The summed E-state index contributed by atoms with van der Waals surface area (Å²) in [5.74, 6) is 0.160. The second-order valence-electron chi connectivity index (χ2n) is 4.73. The van der Waals surface area contributed by atoms with Gasteiger partial charge in [-0.2, -0.15) is 0 Å². The first-order chi connectivity index (χ1) is 8.63. The smallest absolute Gasteiger partial charge is 0.230 e. The van der Waals surface area contributed by atoms with E-state index >= 15 is 0 Å². The zero-order valence-corrected chi connectivity index (χ0v) is 11.5. The van der Waals surface area contributed by atoms with E-state index < -0.39 is 0 Å². The maximum atomic E-state index is 12.3. The van der Waals surface area contributed by atoms with Gasteiger partial charge in [0.1, 0.15) is 0 Å². The number of halogens is 1. The molecule has 0 N–H and O–H groups in total. The number of methoxy groups -OCH3 is 1. The van der Waals surface area contributed by atoms with Crippen LogP contribution in [0.3, 0.4) is 0 Å². The van der Waals surface area contributed by atoms with Gasteiger partial charge in [0.25, 0.3) is 0 Å². The molecule has 1 aromatic carbocycles. The molecule has 2 unspecified atom stereocenters. The number of carbonyl (C=O) groups excluding carboxylic acids is 1. The van der Waals surface area contributed by atoms with Gasteiger partial charge in [0.15, 0.2) is 0 Å². The molecule has 0 aromatic heterocycles. The zero-order chi connectivity index (χ0) is 13.1. The van der Waals surface area contributed by atoms with Crippen molar-refractivity contribution in [2.24, 2.45) is 0 Å². The molecule has 2 rings (SSSR count). The molecule has 98 valence electrons. The molecular formula is C14H18ClNO2. The van der Waals surface area contributed by atoms with Crippen molar-refractivity contribution in [3.05, 3.63) is 35.4 Å². The number of rotatable bonds is 5. The van der Waals surface area contributed by atoms with Crippen LogP contribution in [-0.2, 0) is 16.0 Å². The Morgan fingerprint density at radius 1 is 1.56 bits per heavy atom. The van der Waals surface area contributed by atoms with E-state index in [1.807, 2.05) is 18.2 Å². The normalized spacial score (nSPS) is 18.7. The lowest BCUT2D eigenvalue weighted by Gasteiger charge is -2.33. The van der Waals surface area contributed by atoms with Crippen molar-refractivity contribution in [2.75, 3.05) is 27.3 Å². The van der Waals surface area contributed by atoms with Crippen LogP contribution in [0.15, 0.2) is 24.3 Å². The Balaban J connectivity index is 1.93. The summed E-state index contributed by atoms with van der Waals surface area (Å²) in [4.78, 5) is 14.0. The van der Waals surface area contributed by atoms with E-state index in [9.17, 15) is 4.79 Å². The fourth-order valence-electron chi connectivity index (χ4n) is 2.37. The lowest BCUT2D eigenvalue weighted by molar-refractivity contribution is -0.132. The summed E-state index contributed by atoms with van der Waals surface area (Å²) < 4.78 is 4.97. The number of fused-ring (bicyclic) bond motifs is 1. The Labute approximate surface area is 113 Å². The maximum absolute atomic E-state index is 12.3. The van der Waals surface area contributed by atoms with Crippen molar-refractivity contribution in [3.63, 3.8) is 0 Å². The summed E-state index contributed by atoms with van der Waals surface area (Å²) in [6.07, 6.45) is 0.844. The van der Waals surface area contributed by atoms with Gasteiger partial charge in [-0.1, -0.05) is 24.3 Å². The van der Waals surface area contributed by atoms with E-state index in [1.165, 1.54) is 5.56 Å².